The Hall–Kier alpha value is -5.55. The standard InChI is InChI=1S/C51H56N4O/c1-48(2,3)34-17-16-18-37(27-34)53-33-54(45-22-15-14-21-44(45)53)38-28-36(49(4,5)6)29-40(31-38)56-39-23-24-42-41-19-12-13-20-43(41)55(46(42)32-39)47-30-35(25-26-52-47)51(10,11)50(7,8)9/h12-32H,33H2,1-11H3. The van der Waals surface area contributed by atoms with Gasteiger partial charge in [-0.1, -0.05) is 119 Å². The zero-order valence-corrected chi connectivity index (χ0v) is 35.0. The highest BCUT2D eigenvalue weighted by molar-refractivity contribution is 6.09. The highest BCUT2D eigenvalue weighted by Crippen LogP contribution is 2.47. The van der Waals surface area contributed by atoms with Gasteiger partial charge in [0.15, 0.2) is 0 Å². The van der Waals surface area contributed by atoms with E-state index in [1.165, 1.54) is 44.5 Å². The Bertz CT molecular complexity index is 2590. The lowest BCUT2D eigenvalue weighted by Gasteiger charge is -2.39. The van der Waals surface area contributed by atoms with Gasteiger partial charge in [-0.2, -0.15) is 0 Å². The number of hydrogen-bond donors (Lipinski definition) is 0. The fraction of sp³-hybridized carbons (Fsp3) is 0.314. The molecule has 0 amide bonds. The minimum Gasteiger partial charge on any atom is -0.457 e. The molecule has 0 spiro atoms. The van der Waals surface area contributed by atoms with Crippen LogP contribution in [0.4, 0.5) is 22.7 Å². The van der Waals surface area contributed by atoms with Crippen molar-refractivity contribution in [2.45, 2.75) is 92.4 Å². The molecule has 1 aliphatic rings. The summed E-state index contributed by atoms with van der Waals surface area (Å²) in [4.78, 5) is 9.80. The molecule has 8 rings (SSSR count). The summed E-state index contributed by atoms with van der Waals surface area (Å²) >= 11 is 0. The molecule has 2 aromatic heterocycles. The molecule has 1 aliphatic heterocycles. The number of fused-ring (bicyclic) bond motifs is 4. The van der Waals surface area contributed by atoms with Gasteiger partial charge < -0.3 is 14.5 Å². The van der Waals surface area contributed by atoms with Crippen molar-refractivity contribution in [3.8, 4) is 17.3 Å². The third-order valence-electron chi connectivity index (χ3n) is 12.3. The maximum absolute atomic E-state index is 6.91. The second-order valence-electron chi connectivity index (χ2n) is 19.2. The fourth-order valence-electron chi connectivity index (χ4n) is 7.79. The molecule has 0 bridgehead atoms. The fourth-order valence-corrected chi connectivity index (χ4v) is 7.79. The van der Waals surface area contributed by atoms with Crippen molar-refractivity contribution >= 4 is 44.6 Å². The molecule has 0 fully saturated rings. The van der Waals surface area contributed by atoms with Gasteiger partial charge in [0.2, 0.25) is 0 Å². The van der Waals surface area contributed by atoms with E-state index in [0.29, 0.717) is 6.67 Å². The molecular formula is C51H56N4O. The van der Waals surface area contributed by atoms with E-state index in [0.717, 1.165) is 34.0 Å². The molecule has 3 heterocycles. The van der Waals surface area contributed by atoms with Crippen LogP contribution in [0.5, 0.6) is 11.5 Å². The molecule has 5 heteroatoms. The van der Waals surface area contributed by atoms with Crippen LogP contribution in [0.1, 0.15) is 92.9 Å². The first-order valence-corrected chi connectivity index (χ1v) is 20.0. The second kappa shape index (κ2) is 13.3. The Kier molecular flexibility index (Phi) is 8.87. The van der Waals surface area contributed by atoms with Gasteiger partial charge in [0.25, 0.3) is 0 Å². The van der Waals surface area contributed by atoms with Crippen molar-refractivity contribution in [3.05, 3.63) is 144 Å². The van der Waals surface area contributed by atoms with E-state index in [1.54, 1.807) is 0 Å². The highest BCUT2D eigenvalue weighted by atomic mass is 16.5. The number of anilines is 4. The molecule has 0 saturated carbocycles. The molecule has 0 atom stereocenters. The third kappa shape index (κ3) is 6.61. The minimum absolute atomic E-state index is 0.0587. The zero-order valence-electron chi connectivity index (χ0n) is 35.0. The number of nitrogens with zero attached hydrogens (tertiary/aromatic N) is 4. The summed E-state index contributed by atoms with van der Waals surface area (Å²) in [6.07, 6.45) is 1.96. The van der Waals surface area contributed by atoms with Gasteiger partial charge >= 0.3 is 0 Å². The van der Waals surface area contributed by atoms with E-state index in [9.17, 15) is 0 Å². The molecule has 0 unspecified atom stereocenters. The highest BCUT2D eigenvalue weighted by Gasteiger charge is 2.35. The smallest absolute Gasteiger partial charge is 0.137 e. The van der Waals surface area contributed by atoms with E-state index in [2.05, 4.69) is 212 Å². The van der Waals surface area contributed by atoms with Crippen LogP contribution in [-0.4, -0.2) is 16.2 Å². The van der Waals surface area contributed by atoms with Crippen LogP contribution in [0.2, 0.25) is 0 Å². The van der Waals surface area contributed by atoms with E-state index in [-0.39, 0.29) is 21.7 Å². The van der Waals surface area contributed by atoms with Gasteiger partial charge in [-0.25, -0.2) is 4.98 Å². The summed E-state index contributed by atoms with van der Waals surface area (Å²) in [7, 11) is 0. The summed E-state index contributed by atoms with van der Waals surface area (Å²) in [6.45, 7) is 25.9. The number of ether oxygens (including phenoxy) is 1. The normalized spacial score (nSPS) is 13.8. The maximum atomic E-state index is 6.91. The SMILES string of the molecule is CC(C)(C)c1cccc(N2CN(c3cc(Oc4ccc5c6ccccc6n(-c6cc(C(C)(C)C(C)(C)C)ccn6)c5c4)cc(C(C)(C)C)c3)c3ccccc32)c1. The topological polar surface area (TPSA) is 33.5 Å². The lowest BCUT2D eigenvalue weighted by molar-refractivity contribution is 0.225. The molecule has 0 saturated heterocycles. The van der Waals surface area contributed by atoms with Crippen LogP contribution in [-0.2, 0) is 16.2 Å². The molecule has 56 heavy (non-hydrogen) atoms. The monoisotopic (exact) mass is 740 g/mol. The van der Waals surface area contributed by atoms with Crippen molar-refractivity contribution in [3.63, 3.8) is 0 Å². The second-order valence-corrected chi connectivity index (χ2v) is 19.2. The number of pyridine rings is 1. The van der Waals surface area contributed by atoms with Crippen molar-refractivity contribution < 1.29 is 4.74 Å². The molecule has 0 N–H and O–H groups in total. The van der Waals surface area contributed by atoms with Crippen LogP contribution in [0.25, 0.3) is 27.6 Å². The predicted molar refractivity (Wildman–Crippen MR) is 237 cm³/mol. The van der Waals surface area contributed by atoms with Gasteiger partial charge in [-0.3, -0.25) is 4.57 Å². The van der Waals surface area contributed by atoms with Crippen LogP contribution >= 0.6 is 0 Å². The molecule has 5 aromatic carbocycles. The maximum Gasteiger partial charge on any atom is 0.137 e. The van der Waals surface area contributed by atoms with Crippen molar-refractivity contribution in [2.24, 2.45) is 5.41 Å². The van der Waals surface area contributed by atoms with E-state index < -0.39 is 0 Å². The van der Waals surface area contributed by atoms with Crippen LogP contribution in [0.3, 0.4) is 0 Å². The molecule has 0 radical (unpaired) electrons. The Morgan fingerprint density at radius 1 is 0.500 bits per heavy atom. The molecule has 7 aromatic rings. The number of benzene rings is 5. The number of hydrogen-bond acceptors (Lipinski definition) is 4. The summed E-state index contributed by atoms with van der Waals surface area (Å²) in [5.41, 5.74) is 10.7. The van der Waals surface area contributed by atoms with Crippen LogP contribution < -0.4 is 14.5 Å². The number of rotatable bonds is 6. The van der Waals surface area contributed by atoms with Gasteiger partial charge in [0.1, 0.15) is 24.0 Å². The van der Waals surface area contributed by atoms with Gasteiger partial charge in [-0.05, 0) is 105 Å². The quantitative estimate of drug-likeness (QED) is 0.170. The van der Waals surface area contributed by atoms with Gasteiger partial charge in [0.05, 0.1) is 22.4 Å². The lowest BCUT2D eigenvalue weighted by Crippen LogP contribution is -2.34. The zero-order chi connectivity index (χ0) is 39.8. The third-order valence-corrected chi connectivity index (χ3v) is 12.3. The largest absolute Gasteiger partial charge is 0.457 e. The number of aromatic nitrogens is 2. The first kappa shape index (κ1) is 37.4. The Labute approximate surface area is 333 Å². The number of para-hydroxylation sites is 3. The van der Waals surface area contributed by atoms with Crippen LogP contribution in [0, 0.1) is 5.41 Å². The Balaban J connectivity index is 1.21. The molecular weight excluding hydrogens is 685 g/mol. The molecule has 5 nitrogen and oxygen atoms in total. The first-order valence-electron chi connectivity index (χ1n) is 20.0. The predicted octanol–water partition coefficient (Wildman–Crippen LogP) is 14.1. The van der Waals surface area contributed by atoms with Crippen LogP contribution in [0.15, 0.2) is 128 Å². The van der Waals surface area contributed by atoms with Crippen molar-refractivity contribution in [2.75, 3.05) is 16.5 Å². The minimum atomic E-state index is -0.0953. The van der Waals surface area contributed by atoms with Gasteiger partial charge in [0, 0.05) is 40.5 Å². The average molecular weight is 741 g/mol. The average Bonchev–Trinajstić information content (AvgIpc) is 3.70. The van der Waals surface area contributed by atoms with E-state index in [1.807, 2.05) is 6.20 Å². The van der Waals surface area contributed by atoms with E-state index >= 15 is 0 Å². The summed E-state index contributed by atoms with van der Waals surface area (Å²) in [5.74, 6) is 2.50. The molecule has 286 valence electrons. The first-order chi connectivity index (χ1) is 26.4. The lowest BCUT2D eigenvalue weighted by atomic mass is 9.65. The summed E-state index contributed by atoms with van der Waals surface area (Å²) < 4.78 is 9.20. The molecule has 0 aliphatic carbocycles. The summed E-state index contributed by atoms with van der Waals surface area (Å²) in [6, 6.07) is 44.0. The van der Waals surface area contributed by atoms with Gasteiger partial charge in [-0.15, -0.1) is 0 Å². The summed E-state index contributed by atoms with van der Waals surface area (Å²) in [5, 5.41) is 2.36. The Morgan fingerprint density at radius 2 is 1.14 bits per heavy atom. The van der Waals surface area contributed by atoms with Crippen molar-refractivity contribution in [1.82, 2.24) is 9.55 Å². The van der Waals surface area contributed by atoms with Crippen molar-refractivity contribution in [1.29, 1.82) is 0 Å². The van der Waals surface area contributed by atoms with E-state index in [4.69, 9.17) is 9.72 Å². The Morgan fingerprint density at radius 3 is 1.84 bits per heavy atom.